The van der Waals surface area contributed by atoms with E-state index in [9.17, 15) is 13.2 Å². The Balaban J connectivity index is 1.81. The average Bonchev–Trinajstić information content (AvgIpc) is 2.75. The van der Waals surface area contributed by atoms with E-state index in [2.05, 4.69) is 10.0 Å². The van der Waals surface area contributed by atoms with Crippen LogP contribution in [-0.2, 0) is 21.2 Å². The van der Waals surface area contributed by atoms with Crippen LogP contribution in [0.3, 0.4) is 0 Å². The van der Waals surface area contributed by atoms with Gasteiger partial charge in [0.15, 0.2) is 0 Å². The van der Waals surface area contributed by atoms with Crippen molar-refractivity contribution in [3.63, 3.8) is 0 Å². The molecule has 2 N–H and O–H groups in total. The monoisotopic (exact) mass is 442 g/mol. The van der Waals surface area contributed by atoms with Gasteiger partial charge >= 0.3 is 0 Å². The number of rotatable bonds is 8. The molecule has 3 aromatic carbocycles. The number of amides is 1. The molecule has 0 unspecified atom stereocenters. The lowest BCUT2D eigenvalue weighted by Crippen LogP contribution is -2.48. The molecule has 0 aliphatic rings. The van der Waals surface area contributed by atoms with Crippen molar-refractivity contribution in [1.29, 1.82) is 0 Å². The molecule has 0 aliphatic carbocycles. The zero-order chi connectivity index (χ0) is 21.6. The van der Waals surface area contributed by atoms with Gasteiger partial charge in [-0.3, -0.25) is 4.79 Å². The van der Waals surface area contributed by atoms with Gasteiger partial charge in [-0.1, -0.05) is 72.3 Å². The third-order valence-corrected chi connectivity index (χ3v) is 6.42. The number of hydrogen-bond acceptors (Lipinski definition) is 3. The van der Waals surface area contributed by atoms with Crippen molar-refractivity contribution < 1.29 is 13.2 Å². The second kappa shape index (κ2) is 9.89. The maximum absolute atomic E-state index is 13.0. The van der Waals surface area contributed by atoms with Crippen molar-refractivity contribution in [3.8, 4) is 0 Å². The highest BCUT2D eigenvalue weighted by molar-refractivity contribution is 7.89. The molecule has 0 aliphatic heterocycles. The maximum Gasteiger partial charge on any atom is 0.241 e. The smallest absolute Gasteiger partial charge is 0.241 e. The Morgan fingerprint density at radius 2 is 1.47 bits per heavy atom. The summed E-state index contributed by atoms with van der Waals surface area (Å²) < 4.78 is 28.2. The molecule has 1 amide bonds. The molecular formula is C23H23ClN2O3S. The minimum atomic E-state index is -3.86. The van der Waals surface area contributed by atoms with Gasteiger partial charge in [0.1, 0.15) is 6.04 Å². The topological polar surface area (TPSA) is 75.3 Å². The highest BCUT2D eigenvalue weighted by Crippen LogP contribution is 2.17. The summed E-state index contributed by atoms with van der Waals surface area (Å²) in [7, 11) is -3.86. The third-order valence-electron chi connectivity index (χ3n) is 4.68. The van der Waals surface area contributed by atoms with E-state index < -0.39 is 22.0 Å². The first-order chi connectivity index (χ1) is 14.3. The van der Waals surface area contributed by atoms with Gasteiger partial charge in [0.2, 0.25) is 15.9 Å². The van der Waals surface area contributed by atoms with Crippen LogP contribution in [0.15, 0.2) is 89.8 Å². The molecule has 0 saturated carbocycles. The summed E-state index contributed by atoms with van der Waals surface area (Å²) in [6, 6.07) is 23.2. The lowest BCUT2D eigenvalue weighted by molar-refractivity contribution is -0.123. The molecule has 3 rings (SSSR count). The van der Waals surface area contributed by atoms with Crippen LogP contribution in [0.2, 0.25) is 5.02 Å². The van der Waals surface area contributed by atoms with E-state index in [0.29, 0.717) is 5.02 Å². The van der Waals surface area contributed by atoms with Crippen molar-refractivity contribution in [3.05, 3.63) is 101 Å². The average molecular weight is 443 g/mol. The van der Waals surface area contributed by atoms with Gasteiger partial charge in [0, 0.05) is 5.02 Å². The number of halogens is 1. The lowest BCUT2D eigenvalue weighted by atomic mass is 10.0. The first kappa shape index (κ1) is 22.0. The molecule has 0 radical (unpaired) electrons. The molecule has 0 aromatic heterocycles. The van der Waals surface area contributed by atoms with Crippen molar-refractivity contribution in [2.24, 2.45) is 0 Å². The third kappa shape index (κ3) is 5.92. The van der Waals surface area contributed by atoms with Crippen LogP contribution in [0.1, 0.15) is 24.1 Å². The maximum atomic E-state index is 13.0. The van der Waals surface area contributed by atoms with Crippen molar-refractivity contribution in [1.82, 2.24) is 10.0 Å². The van der Waals surface area contributed by atoms with Crippen LogP contribution in [0.5, 0.6) is 0 Å². The van der Waals surface area contributed by atoms with Gasteiger partial charge in [0.05, 0.1) is 10.9 Å². The summed E-state index contributed by atoms with van der Waals surface area (Å²) >= 11 is 5.93. The summed E-state index contributed by atoms with van der Waals surface area (Å²) in [5, 5.41) is 3.51. The summed E-state index contributed by atoms with van der Waals surface area (Å²) in [5.74, 6) is -0.402. The molecular weight excluding hydrogens is 420 g/mol. The predicted octanol–water partition coefficient (Wildman–Crippen LogP) is 4.11. The molecule has 156 valence electrons. The number of sulfonamides is 1. The quantitative estimate of drug-likeness (QED) is 0.551. The first-order valence-corrected chi connectivity index (χ1v) is 11.4. The van der Waals surface area contributed by atoms with Crippen molar-refractivity contribution >= 4 is 27.5 Å². The minimum absolute atomic E-state index is 0.113. The van der Waals surface area contributed by atoms with Gasteiger partial charge in [0.25, 0.3) is 0 Å². The van der Waals surface area contributed by atoms with Gasteiger partial charge in [-0.15, -0.1) is 0 Å². The van der Waals surface area contributed by atoms with Crippen LogP contribution < -0.4 is 10.0 Å². The van der Waals surface area contributed by atoms with Crippen LogP contribution in [-0.4, -0.2) is 20.4 Å². The Labute approximate surface area is 182 Å². The molecule has 3 aromatic rings. The zero-order valence-corrected chi connectivity index (χ0v) is 18.0. The highest BCUT2D eigenvalue weighted by Gasteiger charge is 2.27. The fourth-order valence-electron chi connectivity index (χ4n) is 3.04. The van der Waals surface area contributed by atoms with E-state index in [4.69, 9.17) is 11.6 Å². The fourth-order valence-corrected chi connectivity index (χ4v) is 4.38. The first-order valence-electron chi connectivity index (χ1n) is 9.52. The van der Waals surface area contributed by atoms with Gasteiger partial charge in [-0.05, 0) is 48.7 Å². The minimum Gasteiger partial charge on any atom is -0.348 e. The zero-order valence-electron chi connectivity index (χ0n) is 16.5. The molecule has 30 heavy (non-hydrogen) atoms. The Morgan fingerprint density at radius 3 is 2.07 bits per heavy atom. The van der Waals surface area contributed by atoms with Gasteiger partial charge in [-0.25, -0.2) is 8.42 Å². The number of carbonyl (C=O) groups is 1. The fraction of sp³-hybridized carbons (Fsp3) is 0.174. The molecule has 0 spiro atoms. The predicted molar refractivity (Wildman–Crippen MR) is 119 cm³/mol. The normalized spacial score (nSPS) is 13.4. The van der Waals surface area contributed by atoms with E-state index in [1.54, 1.807) is 30.3 Å². The summed E-state index contributed by atoms with van der Waals surface area (Å²) in [4.78, 5) is 13.2. The van der Waals surface area contributed by atoms with E-state index in [0.717, 1.165) is 11.1 Å². The van der Waals surface area contributed by atoms with Gasteiger partial charge < -0.3 is 5.32 Å². The largest absolute Gasteiger partial charge is 0.348 e. The van der Waals surface area contributed by atoms with E-state index in [1.807, 2.05) is 49.4 Å². The second-order valence-electron chi connectivity index (χ2n) is 6.96. The standard InChI is InChI=1S/C23H23ClN2O3S/c1-17(19-12-14-20(24)15-13-19)25-23(27)22(16-18-8-4-2-5-9-18)26-30(28,29)21-10-6-3-7-11-21/h2-15,17,22,26H,16H2,1H3,(H,25,27)/t17-,22-/m1/s1. The number of carbonyl (C=O) groups excluding carboxylic acids is 1. The van der Waals surface area contributed by atoms with E-state index in [-0.39, 0.29) is 17.4 Å². The molecule has 7 heteroatoms. The van der Waals surface area contributed by atoms with E-state index >= 15 is 0 Å². The number of benzene rings is 3. The summed E-state index contributed by atoms with van der Waals surface area (Å²) in [6.07, 6.45) is 0.228. The van der Waals surface area contributed by atoms with E-state index in [1.165, 1.54) is 12.1 Å². The second-order valence-corrected chi connectivity index (χ2v) is 9.11. The highest BCUT2D eigenvalue weighted by atomic mass is 35.5. The van der Waals surface area contributed by atoms with Crippen molar-refractivity contribution in [2.75, 3.05) is 0 Å². The Kier molecular flexibility index (Phi) is 7.26. The number of hydrogen-bond donors (Lipinski definition) is 2. The molecule has 0 heterocycles. The van der Waals surface area contributed by atoms with Crippen LogP contribution in [0, 0.1) is 0 Å². The molecule has 0 saturated heterocycles. The summed E-state index contributed by atoms with van der Waals surface area (Å²) in [6.45, 7) is 1.84. The Morgan fingerprint density at radius 1 is 0.900 bits per heavy atom. The van der Waals surface area contributed by atoms with Crippen LogP contribution in [0.25, 0.3) is 0 Å². The Hall–Kier alpha value is -2.67. The van der Waals surface area contributed by atoms with Gasteiger partial charge in [-0.2, -0.15) is 4.72 Å². The SMILES string of the molecule is C[C@@H](NC(=O)[C@@H](Cc1ccccc1)NS(=O)(=O)c1ccccc1)c1ccc(Cl)cc1. The molecule has 0 fully saturated rings. The van der Waals surface area contributed by atoms with Crippen LogP contribution >= 0.6 is 11.6 Å². The van der Waals surface area contributed by atoms with Crippen LogP contribution in [0.4, 0.5) is 0 Å². The Bertz CT molecular complexity index is 1070. The molecule has 0 bridgehead atoms. The lowest BCUT2D eigenvalue weighted by Gasteiger charge is -2.22. The molecule has 2 atom stereocenters. The summed E-state index contributed by atoms with van der Waals surface area (Å²) in [5.41, 5.74) is 1.73. The van der Waals surface area contributed by atoms with Crippen molar-refractivity contribution in [2.45, 2.75) is 30.3 Å². The molecule has 5 nitrogen and oxygen atoms in total. The number of nitrogens with one attached hydrogen (secondary N) is 2.